The van der Waals surface area contributed by atoms with Crippen LogP contribution < -0.4 is 9.47 Å². The first-order valence-electron chi connectivity index (χ1n) is 11.7. The molecule has 2 amide bonds. The molecular weight excluding hydrogens is 436 g/mol. The van der Waals surface area contributed by atoms with Crippen LogP contribution >= 0.6 is 0 Å². The minimum absolute atomic E-state index is 0.0862. The summed E-state index contributed by atoms with van der Waals surface area (Å²) >= 11 is 0. The van der Waals surface area contributed by atoms with Crippen molar-refractivity contribution in [1.82, 2.24) is 9.80 Å². The number of carbonyl (C=O) groups is 3. The van der Waals surface area contributed by atoms with E-state index in [0.717, 1.165) is 17.7 Å². The van der Waals surface area contributed by atoms with E-state index in [-0.39, 0.29) is 18.4 Å². The first-order valence-corrected chi connectivity index (χ1v) is 11.7. The fourth-order valence-corrected chi connectivity index (χ4v) is 3.74. The Balaban J connectivity index is 1.43. The van der Waals surface area contributed by atoms with Crippen LogP contribution in [-0.2, 0) is 9.53 Å². The van der Waals surface area contributed by atoms with Crippen LogP contribution in [0, 0.1) is 6.92 Å². The Morgan fingerprint density at radius 1 is 0.912 bits per heavy atom. The molecule has 1 heterocycles. The van der Waals surface area contributed by atoms with Gasteiger partial charge in [-0.15, -0.1) is 0 Å². The van der Waals surface area contributed by atoms with Crippen LogP contribution in [0.2, 0.25) is 0 Å². The fourth-order valence-electron chi connectivity index (χ4n) is 3.74. The van der Waals surface area contributed by atoms with Crippen LogP contribution in [0.5, 0.6) is 11.5 Å². The lowest BCUT2D eigenvalue weighted by atomic mass is 10.2. The number of hydrogen-bond acceptors (Lipinski definition) is 6. The summed E-state index contributed by atoms with van der Waals surface area (Å²) in [5, 5.41) is 0. The minimum Gasteiger partial charge on any atom is -0.493 e. The Bertz CT molecular complexity index is 976. The maximum Gasteiger partial charge on any atom is 0.513 e. The number of hydrogen-bond donors (Lipinski definition) is 0. The van der Waals surface area contributed by atoms with E-state index < -0.39 is 6.16 Å². The maximum absolute atomic E-state index is 12.9. The summed E-state index contributed by atoms with van der Waals surface area (Å²) in [6, 6.07) is 14.2. The van der Waals surface area contributed by atoms with Gasteiger partial charge in [-0.2, -0.15) is 0 Å². The van der Waals surface area contributed by atoms with Gasteiger partial charge in [0, 0.05) is 38.2 Å². The highest BCUT2D eigenvalue weighted by Crippen LogP contribution is 2.18. The van der Waals surface area contributed by atoms with Crippen molar-refractivity contribution in [3.8, 4) is 11.5 Å². The first kappa shape index (κ1) is 25.1. The van der Waals surface area contributed by atoms with Gasteiger partial charge in [-0.1, -0.05) is 18.2 Å². The van der Waals surface area contributed by atoms with Gasteiger partial charge < -0.3 is 24.0 Å². The minimum atomic E-state index is -0.777. The lowest BCUT2D eigenvalue weighted by Gasteiger charge is -2.22. The van der Waals surface area contributed by atoms with E-state index in [0.29, 0.717) is 56.9 Å². The molecule has 0 saturated carbocycles. The molecular formula is C26H32N2O6. The average Bonchev–Trinajstić information content (AvgIpc) is 3.09. The van der Waals surface area contributed by atoms with E-state index in [9.17, 15) is 14.4 Å². The first-order chi connectivity index (χ1) is 16.5. The predicted octanol–water partition coefficient (Wildman–Crippen LogP) is 4.06. The van der Waals surface area contributed by atoms with E-state index in [2.05, 4.69) is 0 Å². The lowest BCUT2D eigenvalue weighted by Crippen LogP contribution is -2.37. The van der Waals surface area contributed by atoms with Gasteiger partial charge in [0.1, 0.15) is 11.5 Å². The molecule has 34 heavy (non-hydrogen) atoms. The number of carbonyl (C=O) groups excluding carboxylic acids is 3. The van der Waals surface area contributed by atoms with Gasteiger partial charge in [0.2, 0.25) is 5.91 Å². The third kappa shape index (κ3) is 7.23. The van der Waals surface area contributed by atoms with Crippen LogP contribution in [0.3, 0.4) is 0 Å². The number of benzene rings is 2. The molecule has 8 heteroatoms. The van der Waals surface area contributed by atoms with Crippen LogP contribution in [-0.4, -0.2) is 67.2 Å². The second-order valence-electron chi connectivity index (χ2n) is 8.05. The summed E-state index contributed by atoms with van der Waals surface area (Å²) in [7, 11) is 0. The van der Waals surface area contributed by atoms with Gasteiger partial charge >= 0.3 is 6.16 Å². The number of rotatable bonds is 8. The molecule has 1 aliphatic rings. The maximum atomic E-state index is 12.9. The normalized spacial score (nSPS) is 13.7. The number of aryl methyl sites for hydroxylation is 1. The van der Waals surface area contributed by atoms with Crippen molar-refractivity contribution in [2.24, 2.45) is 0 Å². The SMILES string of the molecule is CCOC(=O)Oc1ccc(C(=O)N2CCCN(C(=O)CCCOc3ccccc3C)CC2)cc1. The van der Waals surface area contributed by atoms with Gasteiger partial charge in [-0.3, -0.25) is 9.59 Å². The molecule has 0 unspecified atom stereocenters. The summed E-state index contributed by atoms with van der Waals surface area (Å²) in [6.45, 7) is 6.61. The molecule has 0 radical (unpaired) electrons. The van der Waals surface area contributed by atoms with Crippen molar-refractivity contribution in [2.75, 3.05) is 39.4 Å². The van der Waals surface area contributed by atoms with Crippen molar-refractivity contribution in [3.63, 3.8) is 0 Å². The molecule has 2 aromatic rings. The van der Waals surface area contributed by atoms with Crippen molar-refractivity contribution >= 4 is 18.0 Å². The molecule has 3 rings (SSSR count). The summed E-state index contributed by atoms with van der Waals surface area (Å²) in [5.74, 6) is 1.14. The lowest BCUT2D eigenvalue weighted by molar-refractivity contribution is -0.131. The molecule has 1 saturated heterocycles. The standard InChI is InChI=1S/C26H32N2O6/c1-3-32-26(31)34-22-13-11-21(12-14-22)25(30)28-16-7-15-27(17-18-28)24(29)10-6-19-33-23-9-5-4-8-20(23)2/h4-5,8-9,11-14H,3,6-7,10,15-19H2,1-2H3. The van der Waals surface area contributed by atoms with E-state index in [1.165, 1.54) is 0 Å². The Morgan fingerprint density at radius 2 is 1.62 bits per heavy atom. The second kappa shape index (κ2) is 12.6. The Kier molecular flexibility index (Phi) is 9.31. The van der Waals surface area contributed by atoms with Gasteiger partial charge in [0.15, 0.2) is 0 Å². The molecule has 0 aromatic heterocycles. The van der Waals surface area contributed by atoms with Crippen molar-refractivity contribution in [2.45, 2.75) is 33.1 Å². The zero-order chi connectivity index (χ0) is 24.3. The molecule has 8 nitrogen and oxygen atoms in total. The van der Waals surface area contributed by atoms with E-state index >= 15 is 0 Å². The number of amides is 2. The van der Waals surface area contributed by atoms with E-state index in [4.69, 9.17) is 14.2 Å². The highest BCUT2D eigenvalue weighted by molar-refractivity contribution is 5.94. The van der Waals surface area contributed by atoms with Crippen molar-refractivity contribution < 1.29 is 28.6 Å². The predicted molar refractivity (Wildman–Crippen MR) is 127 cm³/mol. The molecule has 182 valence electrons. The molecule has 0 atom stereocenters. The molecule has 0 N–H and O–H groups in total. The highest BCUT2D eigenvalue weighted by atomic mass is 16.7. The van der Waals surface area contributed by atoms with Crippen LogP contribution in [0.4, 0.5) is 4.79 Å². The third-order valence-electron chi connectivity index (χ3n) is 5.59. The fraction of sp³-hybridized carbons (Fsp3) is 0.423. The van der Waals surface area contributed by atoms with Crippen LogP contribution in [0.15, 0.2) is 48.5 Å². The molecule has 2 aromatic carbocycles. The Hall–Kier alpha value is -3.55. The number of nitrogens with zero attached hydrogens (tertiary/aromatic N) is 2. The molecule has 0 bridgehead atoms. The zero-order valence-corrected chi connectivity index (χ0v) is 19.8. The number of ether oxygens (including phenoxy) is 3. The van der Waals surface area contributed by atoms with Crippen molar-refractivity contribution in [3.05, 3.63) is 59.7 Å². The molecule has 0 aliphatic carbocycles. The molecule has 1 fully saturated rings. The number of para-hydroxylation sites is 1. The summed E-state index contributed by atoms with van der Waals surface area (Å²) in [4.78, 5) is 40.6. The van der Waals surface area contributed by atoms with Gasteiger partial charge in [-0.25, -0.2) is 4.79 Å². The van der Waals surface area contributed by atoms with Crippen molar-refractivity contribution in [1.29, 1.82) is 0 Å². The molecule has 1 aliphatic heterocycles. The topological polar surface area (TPSA) is 85.4 Å². The van der Waals surface area contributed by atoms with E-state index in [1.54, 1.807) is 36.1 Å². The second-order valence-corrected chi connectivity index (χ2v) is 8.05. The van der Waals surface area contributed by atoms with Crippen LogP contribution in [0.25, 0.3) is 0 Å². The largest absolute Gasteiger partial charge is 0.513 e. The summed E-state index contributed by atoms with van der Waals surface area (Å²) in [5.41, 5.74) is 1.58. The average molecular weight is 469 g/mol. The highest BCUT2D eigenvalue weighted by Gasteiger charge is 2.23. The van der Waals surface area contributed by atoms with Gasteiger partial charge in [0.05, 0.1) is 13.2 Å². The Morgan fingerprint density at radius 3 is 2.35 bits per heavy atom. The monoisotopic (exact) mass is 468 g/mol. The van der Waals surface area contributed by atoms with Gasteiger partial charge in [-0.05, 0) is 62.6 Å². The van der Waals surface area contributed by atoms with Gasteiger partial charge in [0.25, 0.3) is 5.91 Å². The summed E-state index contributed by atoms with van der Waals surface area (Å²) in [6.07, 6.45) is 1.01. The quantitative estimate of drug-likeness (QED) is 0.330. The Labute approximate surface area is 200 Å². The van der Waals surface area contributed by atoms with E-state index in [1.807, 2.05) is 36.1 Å². The zero-order valence-electron chi connectivity index (χ0n) is 19.8. The van der Waals surface area contributed by atoms with Crippen LogP contribution in [0.1, 0.15) is 42.1 Å². The molecule has 0 spiro atoms. The summed E-state index contributed by atoms with van der Waals surface area (Å²) < 4.78 is 15.5. The smallest absolute Gasteiger partial charge is 0.493 e. The third-order valence-corrected chi connectivity index (χ3v) is 5.59.